The molecular formula is C22H29N3O2. The van der Waals surface area contributed by atoms with Gasteiger partial charge in [-0.1, -0.05) is 63.4 Å². The monoisotopic (exact) mass is 367 g/mol. The lowest BCUT2D eigenvalue weighted by Crippen LogP contribution is -2.35. The van der Waals surface area contributed by atoms with Crippen molar-refractivity contribution in [1.82, 2.24) is 14.5 Å². The summed E-state index contributed by atoms with van der Waals surface area (Å²) in [6, 6.07) is 9.44. The van der Waals surface area contributed by atoms with Gasteiger partial charge in [0.15, 0.2) is 0 Å². The average molecular weight is 367 g/mol. The molecule has 1 aromatic carbocycles. The van der Waals surface area contributed by atoms with Crippen LogP contribution in [0.5, 0.6) is 0 Å². The van der Waals surface area contributed by atoms with E-state index in [-0.39, 0.29) is 18.2 Å². The molecule has 1 aliphatic rings. The van der Waals surface area contributed by atoms with Crippen molar-refractivity contribution in [1.29, 1.82) is 0 Å². The molecule has 0 spiro atoms. The number of aromatic nitrogens is 2. The van der Waals surface area contributed by atoms with E-state index in [0.29, 0.717) is 12.5 Å². The number of carbonyl (C=O) groups is 2. The van der Waals surface area contributed by atoms with Crippen molar-refractivity contribution in [2.45, 2.75) is 58.9 Å². The Hall–Kier alpha value is -2.43. The maximum Gasteiger partial charge on any atom is 0.252 e. The number of unbranched alkanes of at least 4 members (excludes halogenated alkanes) is 1. The molecule has 144 valence electrons. The molecule has 2 aromatic rings. The van der Waals surface area contributed by atoms with E-state index in [1.807, 2.05) is 48.0 Å². The summed E-state index contributed by atoms with van der Waals surface area (Å²) < 4.78 is 1.87. The van der Waals surface area contributed by atoms with Crippen LogP contribution in [0.25, 0.3) is 11.3 Å². The van der Waals surface area contributed by atoms with Gasteiger partial charge in [0.05, 0.1) is 12.1 Å². The number of amides is 2. The molecule has 1 saturated heterocycles. The van der Waals surface area contributed by atoms with Crippen LogP contribution in [-0.4, -0.2) is 32.8 Å². The second-order valence-corrected chi connectivity index (χ2v) is 7.43. The molecule has 0 N–H and O–H groups in total. The predicted octanol–water partition coefficient (Wildman–Crippen LogP) is 4.37. The second-order valence-electron chi connectivity index (χ2n) is 7.43. The van der Waals surface area contributed by atoms with E-state index in [0.717, 1.165) is 42.8 Å². The Morgan fingerprint density at radius 2 is 1.93 bits per heavy atom. The molecule has 0 radical (unpaired) electrons. The van der Waals surface area contributed by atoms with E-state index in [2.05, 4.69) is 18.8 Å². The van der Waals surface area contributed by atoms with Gasteiger partial charge in [0.25, 0.3) is 5.91 Å². The van der Waals surface area contributed by atoms with Gasteiger partial charge in [-0.05, 0) is 19.3 Å². The smallest absolute Gasteiger partial charge is 0.252 e. The van der Waals surface area contributed by atoms with Crippen molar-refractivity contribution in [2.75, 3.05) is 6.54 Å². The molecule has 0 saturated carbocycles. The van der Waals surface area contributed by atoms with Crippen molar-refractivity contribution in [3.8, 4) is 11.3 Å². The molecule has 0 bridgehead atoms. The minimum absolute atomic E-state index is 0.0608. The van der Waals surface area contributed by atoms with Crippen molar-refractivity contribution >= 4 is 11.8 Å². The van der Waals surface area contributed by atoms with Crippen LogP contribution >= 0.6 is 0 Å². The van der Waals surface area contributed by atoms with Gasteiger partial charge in [0.2, 0.25) is 5.91 Å². The van der Waals surface area contributed by atoms with Gasteiger partial charge in [0, 0.05) is 18.3 Å². The molecule has 2 unspecified atom stereocenters. The van der Waals surface area contributed by atoms with Gasteiger partial charge < -0.3 is 4.57 Å². The van der Waals surface area contributed by atoms with Crippen LogP contribution in [0.15, 0.2) is 36.5 Å². The molecule has 27 heavy (non-hydrogen) atoms. The highest BCUT2D eigenvalue weighted by molar-refractivity contribution is 6.04. The lowest BCUT2D eigenvalue weighted by molar-refractivity contribution is -0.140. The zero-order chi connectivity index (χ0) is 19.4. The predicted molar refractivity (Wildman–Crippen MR) is 106 cm³/mol. The van der Waals surface area contributed by atoms with Gasteiger partial charge >= 0.3 is 0 Å². The van der Waals surface area contributed by atoms with Crippen molar-refractivity contribution in [3.05, 3.63) is 42.4 Å². The zero-order valence-corrected chi connectivity index (χ0v) is 16.5. The first-order chi connectivity index (χ1) is 13.0. The molecule has 2 atom stereocenters. The highest BCUT2D eigenvalue weighted by Crippen LogP contribution is 2.30. The van der Waals surface area contributed by atoms with E-state index in [9.17, 15) is 9.59 Å². The molecule has 1 aromatic heterocycles. The van der Waals surface area contributed by atoms with Crippen LogP contribution < -0.4 is 0 Å². The summed E-state index contributed by atoms with van der Waals surface area (Å²) in [4.78, 5) is 31.6. The minimum Gasteiger partial charge on any atom is -0.321 e. The Morgan fingerprint density at radius 3 is 2.59 bits per heavy atom. The van der Waals surface area contributed by atoms with Crippen molar-refractivity contribution in [2.24, 2.45) is 5.92 Å². The maximum absolute atomic E-state index is 13.0. The molecule has 0 aliphatic carbocycles. The Bertz CT molecular complexity index is 797. The summed E-state index contributed by atoms with van der Waals surface area (Å²) in [6.07, 6.45) is 6.46. The first-order valence-corrected chi connectivity index (χ1v) is 10.00. The number of likely N-dealkylation sites (tertiary alicyclic amines) is 1. The number of aryl methyl sites for hydroxylation is 1. The lowest BCUT2D eigenvalue weighted by Gasteiger charge is -2.22. The third kappa shape index (κ3) is 4.12. The van der Waals surface area contributed by atoms with Crippen LogP contribution in [0.4, 0.5) is 0 Å². The second kappa shape index (κ2) is 8.51. The first-order valence-electron chi connectivity index (χ1n) is 10.00. The molecule has 2 heterocycles. The van der Waals surface area contributed by atoms with Crippen LogP contribution in [0, 0.1) is 12.8 Å². The van der Waals surface area contributed by atoms with Crippen LogP contribution in [0.2, 0.25) is 0 Å². The van der Waals surface area contributed by atoms with Crippen molar-refractivity contribution in [3.63, 3.8) is 0 Å². The molecule has 1 fully saturated rings. The molecule has 5 heteroatoms. The van der Waals surface area contributed by atoms with Gasteiger partial charge in [0.1, 0.15) is 11.9 Å². The van der Waals surface area contributed by atoms with E-state index in [4.69, 9.17) is 0 Å². The maximum atomic E-state index is 13.0. The standard InChI is InChI=1S/C22H29N3O2/c1-4-6-10-17(5-2)14-25-21(26)13-20(22(25)27)24-15-19(23-16(24)3)18-11-8-7-9-12-18/h7-9,11-12,15,17,20H,4-6,10,13-14H2,1-3H3. The van der Waals surface area contributed by atoms with Crippen molar-refractivity contribution < 1.29 is 9.59 Å². The molecular weight excluding hydrogens is 338 g/mol. The summed E-state index contributed by atoms with van der Waals surface area (Å²) in [5.41, 5.74) is 1.85. The zero-order valence-electron chi connectivity index (χ0n) is 16.5. The SMILES string of the molecule is CCCCC(CC)CN1C(=O)CC(n2cc(-c3ccccc3)nc2C)C1=O. The number of benzene rings is 1. The normalized spacial score (nSPS) is 18.3. The molecule has 2 amide bonds. The summed E-state index contributed by atoms with van der Waals surface area (Å²) in [5, 5.41) is 0. The van der Waals surface area contributed by atoms with Crippen LogP contribution in [0.3, 0.4) is 0 Å². The quantitative estimate of drug-likeness (QED) is 0.651. The fourth-order valence-electron chi connectivity index (χ4n) is 3.80. The Balaban J connectivity index is 1.78. The summed E-state index contributed by atoms with van der Waals surface area (Å²) in [7, 11) is 0. The summed E-state index contributed by atoms with van der Waals surface area (Å²) in [5.74, 6) is 1.00. The third-order valence-corrected chi connectivity index (χ3v) is 5.53. The van der Waals surface area contributed by atoms with Crippen LogP contribution in [0.1, 0.15) is 57.8 Å². The van der Waals surface area contributed by atoms with Gasteiger partial charge in [-0.3, -0.25) is 14.5 Å². The number of hydrogen-bond acceptors (Lipinski definition) is 3. The van der Waals surface area contributed by atoms with Gasteiger partial charge in [-0.2, -0.15) is 0 Å². The Kier molecular flexibility index (Phi) is 6.09. The highest BCUT2D eigenvalue weighted by Gasteiger charge is 2.40. The minimum atomic E-state index is -0.467. The first kappa shape index (κ1) is 19.3. The van der Waals surface area contributed by atoms with E-state index < -0.39 is 6.04 Å². The van der Waals surface area contributed by atoms with E-state index in [1.165, 1.54) is 4.90 Å². The number of hydrogen-bond donors (Lipinski definition) is 0. The molecule has 1 aliphatic heterocycles. The third-order valence-electron chi connectivity index (χ3n) is 5.53. The van der Waals surface area contributed by atoms with Crippen LogP contribution in [-0.2, 0) is 9.59 Å². The number of nitrogens with zero attached hydrogens (tertiary/aromatic N) is 3. The Morgan fingerprint density at radius 1 is 1.19 bits per heavy atom. The van der Waals surface area contributed by atoms with Gasteiger partial charge in [-0.25, -0.2) is 4.98 Å². The topological polar surface area (TPSA) is 55.2 Å². The molecule has 3 rings (SSSR count). The number of rotatable bonds is 8. The van der Waals surface area contributed by atoms with Gasteiger partial charge in [-0.15, -0.1) is 0 Å². The summed E-state index contributed by atoms with van der Waals surface area (Å²) >= 11 is 0. The largest absolute Gasteiger partial charge is 0.321 e. The van der Waals surface area contributed by atoms with E-state index >= 15 is 0 Å². The number of carbonyl (C=O) groups excluding carboxylic acids is 2. The Labute approximate surface area is 161 Å². The highest BCUT2D eigenvalue weighted by atomic mass is 16.2. The fourth-order valence-corrected chi connectivity index (χ4v) is 3.80. The fraction of sp³-hybridized carbons (Fsp3) is 0.500. The lowest BCUT2D eigenvalue weighted by atomic mass is 9.99. The van der Waals surface area contributed by atoms with E-state index in [1.54, 1.807) is 0 Å². The number of imidazole rings is 1. The molecule has 5 nitrogen and oxygen atoms in total. The number of imide groups is 1. The average Bonchev–Trinajstić information content (AvgIpc) is 3.19. The summed E-state index contributed by atoms with van der Waals surface area (Å²) in [6.45, 7) is 6.74.